The number of ether oxygens (including phenoxy) is 2. The predicted octanol–water partition coefficient (Wildman–Crippen LogP) is 4.75. The standard InChI is InChI=1S/C36H42N4O5/c1-26-35(44-25-38-26)24-43-34-12-9-30-22-40(16-13-29(30)19-34)23-31(41)20-37-36(42)28-7-10-32(11-8-28)45-33-14-17-39(18-15-33)21-27-5-3-2-4-6-27/h2-12,19,25,31,33,41H,13-18,20-24H2,1H3,(H,37,42). The van der Waals surface area contributed by atoms with Crippen molar-refractivity contribution < 1.29 is 23.8 Å². The van der Waals surface area contributed by atoms with Crippen molar-refractivity contribution >= 4 is 5.91 Å². The minimum absolute atomic E-state index is 0.179. The molecule has 1 saturated heterocycles. The van der Waals surface area contributed by atoms with E-state index in [4.69, 9.17) is 13.9 Å². The van der Waals surface area contributed by atoms with Crippen LogP contribution in [0.1, 0.15) is 51.3 Å². The molecule has 0 aliphatic carbocycles. The van der Waals surface area contributed by atoms with E-state index in [0.29, 0.717) is 18.7 Å². The van der Waals surface area contributed by atoms with Crippen LogP contribution in [0.5, 0.6) is 11.5 Å². The van der Waals surface area contributed by atoms with Gasteiger partial charge in [-0.15, -0.1) is 0 Å². The smallest absolute Gasteiger partial charge is 0.251 e. The molecule has 2 N–H and O–H groups in total. The summed E-state index contributed by atoms with van der Waals surface area (Å²) >= 11 is 0. The first-order chi connectivity index (χ1) is 22.0. The molecule has 6 rings (SSSR count). The van der Waals surface area contributed by atoms with Gasteiger partial charge in [0.1, 0.15) is 24.2 Å². The van der Waals surface area contributed by atoms with Crippen LogP contribution in [-0.4, -0.2) is 70.7 Å². The molecule has 1 aromatic heterocycles. The van der Waals surface area contributed by atoms with E-state index in [9.17, 15) is 9.90 Å². The van der Waals surface area contributed by atoms with Gasteiger partial charge >= 0.3 is 0 Å². The molecule has 1 unspecified atom stereocenters. The second-order valence-electron chi connectivity index (χ2n) is 12.0. The van der Waals surface area contributed by atoms with Gasteiger partial charge in [0.25, 0.3) is 5.91 Å². The lowest BCUT2D eigenvalue weighted by Gasteiger charge is -2.32. The number of hydrogen-bond donors (Lipinski definition) is 2. The van der Waals surface area contributed by atoms with Crippen molar-refractivity contribution in [3.05, 3.63) is 113 Å². The Kier molecular flexibility index (Phi) is 10.1. The third kappa shape index (κ3) is 8.51. The molecule has 236 valence electrons. The van der Waals surface area contributed by atoms with Gasteiger partial charge < -0.3 is 24.3 Å². The zero-order chi connectivity index (χ0) is 31.0. The van der Waals surface area contributed by atoms with Crippen molar-refractivity contribution in [3.63, 3.8) is 0 Å². The van der Waals surface area contributed by atoms with E-state index in [0.717, 1.165) is 74.9 Å². The van der Waals surface area contributed by atoms with Crippen molar-refractivity contribution in [1.29, 1.82) is 0 Å². The Balaban J connectivity index is 0.897. The Bertz CT molecular complexity index is 1530. The maximum atomic E-state index is 12.8. The Morgan fingerprint density at radius 1 is 1.00 bits per heavy atom. The monoisotopic (exact) mass is 610 g/mol. The molecular formula is C36H42N4O5. The van der Waals surface area contributed by atoms with Gasteiger partial charge in [-0.2, -0.15) is 0 Å². The third-order valence-electron chi connectivity index (χ3n) is 8.65. The number of likely N-dealkylation sites (tertiary alicyclic amines) is 1. The van der Waals surface area contributed by atoms with Crippen molar-refractivity contribution in [3.8, 4) is 11.5 Å². The van der Waals surface area contributed by atoms with Gasteiger partial charge in [0.2, 0.25) is 0 Å². The zero-order valence-electron chi connectivity index (χ0n) is 25.9. The summed E-state index contributed by atoms with van der Waals surface area (Å²) in [5.74, 6) is 2.11. The molecule has 2 aliphatic heterocycles. The van der Waals surface area contributed by atoms with Crippen molar-refractivity contribution in [2.75, 3.05) is 32.7 Å². The second-order valence-corrected chi connectivity index (χ2v) is 12.0. The fraction of sp³-hybridized carbons (Fsp3) is 0.389. The number of aryl methyl sites for hydroxylation is 1. The van der Waals surface area contributed by atoms with Crippen LogP contribution in [0, 0.1) is 6.92 Å². The van der Waals surface area contributed by atoms with E-state index in [1.54, 1.807) is 12.1 Å². The van der Waals surface area contributed by atoms with Gasteiger partial charge in [0, 0.05) is 51.4 Å². The molecule has 4 aromatic rings. The van der Waals surface area contributed by atoms with Crippen molar-refractivity contribution in [2.24, 2.45) is 0 Å². The molecule has 2 aliphatic rings. The number of benzene rings is 3. The molecule has 0 saturated carbocycles. The highest BCUT2D eigenvalue weighted by Crippen LogP contribution is 2.25. The number of rotatable bonds is 12. The Labute approximate surface area is 264 Å². The summed E-state index contributed by atoms with van der Waals surface area (Å²) in [6, 6.07) is 24.0. The maximum Gasteiger partial charge on any atom is 0.251 e. The molecule has 1 fully saturated rings. The highest BCUT2D eigenvalue weighted by atomic mass is 16.5. The van der Waals surface area contributed by atoms with Gasteiger partial charge in [-0.05, 0) is 79.3 Å². The van der Waals surface area contributed by atoms with E-state index in [1.807, 2.05) is 25.1 Å². The van der Waals surface area contributed by atoms with Gasteiger partial charge in [0.05, 0.1) is 11.8 Å². The zero-order valence-corrected chi connectivity index (χ0v) is 25.9. The number of amides is 1. The van der Waals surface area contributed by atoms with Crippen LogP contribution in [0.4, 0.5) is 0 Å². The first kappa shape index (κ1) is 30.8. The van der Waals surface area contributed by atoms with Crippen LogP contribution in [0.15, 0.2) is 83.6 Å². The summed E-state index contributed by atoms with van der Waals surface area (Å²) in [4.78, 5) is 21.6. The molecule has 3 heterocycles. The normalized spacial score (nSPS) is 16.6. The summed E-state index contributed by atoms with van der Waals surface area (Å²) in [6.07, 6.45) is 3.77. The number of carbonyl (C=O) groups is 1. The summed E-state index contributed by atoms with van der Waals surface area (Å²) in [7, 11) is 0. The molecule has 3 aromatic carbocycles. The van der Waals surface area contributed by atoms with Crippen LogP contribution in [0.25, 0.3) is 0 Å². The number of nitrogens with zero attached hydrogens (tertiary/aromatic N) is 3. The number of aliphatic hydroxyl groups excluding tert-OH is 1. The number of fused-ring (bicyclic) bond motifs is 1. The maximum absolute atomic E-state index is 12.8. The number of β-amino-alcohol motifs (C(OH)–C–C–N with tert-alkyl or cyclic N) is 1. The largest absolute Gasteiger partial charge is 0.490 e. The topological polar surface area (TPSA) is 100 Å². The summed E-state index contributed by atoms with van der Waals surface area (Å²) in [5.41, 5.74) is 5.20. The number of aromatic nitrogens is 1. The van der Waals surface area contributed by atoms with E-state index >= 15 is 0 Å². The molecule has 0 radical (unpaired) electrons. The number of carbonyl (C=O) groups excluding carboxylic acids is 1. The number of hydrogen-bond acceptors (Lipinski definition) is 8. The molecule has 1 amide bonds. The number of piperidine rings is 1. The average molecular weight is 611 g/mol. The minimum Gasteiger partial charge on any atom is -0.490 e. The summed E-state index contributed by atoms with van der Waals surface area (Å²) in [5, 5.41) is 13.6. The van der Waals surface area contributed by atoms with Crippen LogP contribution < -0.4 is 14.8 Å². The van der Waals surface area contributed by atoms with E-state index in [2.05, 4.69) is 62.6 Å². The van der Waals surface area contributed by atoms with Crippen LogP contribution in [-0.2, 0) is 26.1 Å². The fourth-order valence-electron chi connectivity index (χ4n) is 6.03. The summed E-state index contributed by atoms with van der Waals surface area (Å²) in [6.45, 7) is 7.49. The highest BCUT2D eigenvalue weighted by molar-refractivity contribution is 5.94. The Morgan fingerprint density at radius 2 is 1.78 bits per heavy atom. The molecule has 0 bridgehead atoms. The lowest BCUT2D eigenvalue weighted by Crippen LogP contribution is -2.42. The van der Waals surface area contributed by atoms with E-state index < -0.39 is 6.10 Å². The van der Waals surface area contributed by atoms with Crippen LogP contribution in [0.2, 0.25) is 0 Å². The SMILES string of the molecule is Cc1ncoc1COc1ccc2c(c1)CCN(CC(O)CNC(=O)c1ccc(OC3CCN(Cc4ccccc4)CC3)cc1)C2. The van der Waals surface area contributed by atoms with Crippen molar-refractivity contribution in [2.45, 2.75) is 58.1 Å². The minimum atomic E-state index is -0.668. The fourth-order valence-corrected chi connectivity index (χ4v) is 6.03. The molecule has 1 atom stereocenters. The third-order valence-corrected chi connectivity index (χ3v) is 8.65. The number of nitrogens with one attached hydrogen (secondary N) is 1. The van der Waals surface area contributed by atoms with Crippen molar-refractivity contribution in [1.82, 2.24) is 20.1 Å². The van der Waals surface area contributed by atoms with Gasteiger partial charge in [-0.1, -0.05) is 36.4 Å². The first-order valence-electron chi connectivity index (χ1n) is 15.8. The highest BCUT2D eigenvalue weighted by Gasteiger charge is 2.22. The number of aliphatic hydroxyl groups is 1. The second kappa shape index (κ2) is 14.7. The van der Waals surface area contributed by atoms with Gasteiger partial charge in [-0.25, -0.2) is 4.98 Å². The summed E-state index contributed by atoms with van der Waals surface area (Å²) < 4.78 is 17.5. The lowest BCUT2D eigenvalue weighted by molar-refractivity contribution is 0.0841. The van der Waals surface area contributed by atoms with Gasteiger partial charge in [0.15, 0.2) is 12.2 Å². The molecule has 0 spiro atoms. The number of oxazole rings is 1. The quantitative estimate of drug-likeness (QED) is 0.237. The Hall–Kier alpha value is -4.18. The molecule has 9 heteroatoms. The predicted molar refractivity (Wildman–Crippen MR) is 171 cm³/mol. The first-order valence-corrected chi connectivity index (χ1v) is 15.8. The van der Waals surface area contributed by atoms with Crippen LogP contribution >= 0.6 is 0 Å². The molecule has 9 nitrogen and oxygen atoms in total. The van der Waals surface area contributed by atoms with Crippen LogP contribution in [0.3, 0.4) is 0 Å². The average Bonchev–Trinajstić information content (AvgIpc) is 3.48. The van der Waals surface area contributed by atoms with Gasteiger partial charge in [-0.3, -0.25) is 14.6 Å². The molecule has 45 heavy (non-hydrogen) atoms. The van der Waals surface area contributed by atoms with E-state index in [1.165, 1.54) is 23.1 Å². The molecular weight excluding hydrogens is 568 g/mol. The van der Waals surface area contributed by atoms with E-state index in [-0.39, 0.29) is 18.6 Å². The Morgan fingerprint density at radius 3 is 2.53 bits per heavy atom. The lowest BCUT2D eigenvalue weighted by atomic mass is 9.99.